The Bertz CT molecular complexity index is 373. The zero-order chi connectivity index (χ0) is 13.7. The van der Waals surface area contributed by atoms with Crippen LogP contribution in [0.1, 0.15) is 5.56 Å². The van der Waals surface area contributed by atoms with Crippen LogP contribution in [-0.2, 0) is 20.8 Å². The van der Waals surface area contributed by atoms with E-state index in [2.05, 4.69) is 5.32 Å². The number of rotatable bonds is 6. The molecule has 1 aliphatic rings. The number of hydrogen-bond acceptors (Lipinski definition) is 5. The molecule has 0 radical (unpaired) electrons. The summed E-state index contributed by atoms with van der Waals surface area (Å²) in [5.41, 5.74) is 1.12. The summed E-state index contributed by atoms with van der Waals surface area (Å²) in [5, 5.41) is 12.8. The van der Waals surface area contributed by atoms with Gasteiger partial charge in [-0.05, 0) is 12.6 Å². The van der Waals surface area contributed by atoms with Crippen LogP contribution in [-0.4, -0.2) is 50.4 Å². The minimum atomic E-state index is -0.909. The minimum absolute atomic E-state index is 0.0734. The number of aliphatic hydroxyl groups is 1. The molecule has 1 heterocycles. The molecule has 2 N–H and O–H groups in total. The number of benzene rings is 1. The number of aliphatic hydroxyl groups excluding tert-OH is 1. The normalized spacial score (nSPS) is 30.7. The summed E-state index contributed by atoms with van der Waals surface area (Å²) in [6.45, 7) is 0.947. The topological polar surface area (TPSA) is 60.0 Å². The van der Waals surface area contributed by atoms with Crippen LogP contribution in [0.5, 0.6) is 0 Å². The van der Waals surface area contributed by atoms with Crippen LogP contribution in [0.4, 0.5) is 0 Å². The SMILES string of the molecule is CN[C@@H]1[C@@H](OC)[C@@H](O)O[C@@H]1COCc1ccccc1. The Labute approximate surface area is 113 Å². The first-order chi connectivity index (χ1) is 9.26. The Morgan fingerprint density at radius 1 is 1.32 bits per heavy atom. The van der Waals surface area contributed by atoms with Crippen molar-refractivity contribution in [2.24, 2.45) is 0 Å². The molecule has 1 fully saturated rings. The van der Waals surface area contributed by atoms with Crippen LogP contribution in [0, 0.1) is 0 Å². The summed E-state index contributed by atoms with van der Waals surface area (Å²) in [6, 6.07) is 9.88. The van der Waals surface area contributed by atoms with Gasteiger partial charge in [0.2, 0.25) is 0 Å². The molecule has 19 heavy (non-hydrogen) atoms. The second-order valence-electron chi connectivity index (χ2n) is 4.58. The minimum Gasteiger partial charge on any atom is -0.374 e. The third-order valence-corrected chi connectivity index (χ3v) is 3.35. The molecular formula is C14H21NO4. The number of likely N-dealkylation sites (N-methyl/N-ethyl adjacent to an activating group) is 1. The molecular weight excluding hydrogens is 246 g/mol. The van der Waals surface area contributed by atoms with Crippen LogP contribution in [0.15, 0.2) is 30.3 Å². The van der Waals surface area contributed by atoms with Gasteiger partial charge in [-0.1, -0.05) is 30.3 Å². The van der Waals surface area contributed by atoms with E-state index < -0.39 is 6.29 Å². The van der Waals surface area contributed by atoms with E-state index in [9.17, 15) is 5.11 Å². The second kappa shape index (κ2) is 6.98. The van der Waals surface area contributed by atoms with Gasteiger partial charge in [0.15, 0.2) is 6.29 Å². The molecule has 1 saturated heterocycles. The Morgan fingerprint density at radius 2 is 2.05 bits per heavy atom. The van der Waals surface area contributed by atoms with Crippen molar-refractivity contribution in [3.63, 3.8) is 0 Å². The molecule has 0 spiro atoms. The zero-order valence-corrected chi connectivity index (χ0v) is 11.3. The smallest absolute Gasteiger partial charge is 0.183 e. The molecule has 0 amide bonds. The molecule has 0 aromatic heterocycles. The molecule has 0 saturated carbocycles. The van der Waals surface area contributed by atoms with Crippen molar-refractivity contribution in [3.8, 4) is 0 Å². The molecule has 106 valence electrons. The summed E-state index contributed by atoms with van der Waals surface area (Å²) in [4.78, 5) is 0. The first kappa shape index (κ1) is 14.4. The van der Waals surface area contributed by atoms with Crippen LogP contribution in [0.25, 0.3) is 0 Å². The van der Waals surface area contributed by atoms with E-state index in [4.69, 9.17) is 14.2 Å². The monoisotopic (exact) mass is 267 g/mol. The molecule has 1 aromatic rings. The molecule has 1 aliphatic heterocycles. The summed E-state index contributed by atoms with van der Waals surface area (Å²) in [7, 11) is 3.39. The van der Waals surface area contributed by atoms with Gasteiger partial charge in [0.25, 0.3) is 0 Å². The number of nitrogens with one attached hydrogen (secondary N) is 1. The highest BCUT2D eigenvalue weighted by molar-refractivity contribution is 5.13. The zero-order valence-electron chi connectivity index (χ0n) is 11.3. The van der Waals surface area contributed by atoms with Crippen molar-refractivity contribution in [3.05, 3.63) is 35.9 Å². The summed E-state index contributed by atoms with van der Waals surface area (Å²) in [6.07, 6.45) is -1.49. The second-order valence-corrected chi connectivity index (χ2v) is 4.58. The number of methoxy groups -OCH3 is 1. The highest BCUT2D eigenvalue weighted by Crippen LogP contribution is 2.22. The molecule has 1 aromatic carbocycles. The maximum absolute atomic E-state index is 9.73. The van der Waals surface area contributed by atoms with Crippen molar-refractivity contribution < 1.29 is 19.3 Å². The van der Waals surface area contributed by atoms with Crippen molar-refractivity contribution in [2.45, 2.75) is 31.1 Å². The number of hydrogen-bond donors (Lipinski definition) is 2. The Kier molecular flexibility index (Phi) is 5.30. The molecule has 5 nitrogen and oxygen atoms in total. The van der Waals surface area contributed by atoms with E-state index in [1.807, 2.05) is 37.4 Å². The van der Waals surface area contributed by atoms with Gasteiger partial charge in [0.05, 0.1) is 19.3 Å². The van der Waals surface area contributed by atoms with Crippen LogP contribution >= 0.6 is 0 Å². The van der Waals surface area contributed by atoms with E-state index in [0.717, 1.165) is 5.56 Å². The Hall–Kier alpha value is -0.980. The molecule has 2 rings (SSSR count). The van der Waals surface area contributed by atoms with E-state index in [1.165, 1.54) is 0 Å². The summed E-state index contributed by atoms with van der Waals surface area (Å²) in [5.74, 6) is 0. The van der Waals surface area contributed by atoms with Gasteiger partial charge in [-0.25, -0.2) is 0 Å². The van der Waals surface area contributed by atoms with Crippen molar-refractivity contribution >= 4 is 0 Å². The first-order valence-corrected chi connectivity index (χ1v) is 6.41. The van der Waals surface area contributed by atoms with Gasteiger partial charge < -0.3 is 24.6 Å². The van der Waals surface area contributed by atoms with Gasteiger partial charge >= 0.3 is 0 Å². The lowest BCUT2D eigenvalue weighted by Gasteiger charge is -2.21. The van der Waals surface area contributed by atoms with Crippen LogP contribution in [0.2, 0.25) is 0 Å². The van der Waals surface area contributed by atoms with Gasteiger partial charge in [0, 0.05) is 7.11 Å². The van der Waals surface area contributed by atoms with Gasteiger partial charge in [-0.3, -0.25) is 0 Å². The maximum Gasteiger partial charge on any atom is 0.183 e. The van der Waals surface area contributed by atoms with E-state index in [-0.39, 0.29) is 18.2 Å². The fourth-order valence-corrected chi connectivity index (χ4v) is 2.35. The average Bonchev–Trinajstić information content (AvgIpc) is 2.75. The van der Waals surface area contributed by atoms with Crippen LogP contribution in [0.3, 0.4) is 0 Å². The summed E-state index contributed by atoms with van der Waals surface area (Å²) < 4.78 is 16.3. The lowest BCUT2D eigenvalue weighted by molar-refractivity contribution is -0.143. The fourth-order valence-electron chi connectivity index (χ4n) is 2.35. The lowest BCUT2D eigenvalue weighted by atomic mass is 10.1. The molecule has 5 heteroatoms. The molecule has 0 bridgehead atoms. The molecule has 4 atom stereocenters. The van der Waals surface area contributed by atoms with Crippen molar-refractivity contribution in [1.29, 1.82) is 0 Å². The number of ether oxygens (including phenoxy) is 3. The third-order valence-electron chi connectivity index (χ3n) is 3.35. The Morgan fingerprint density at radius 3 is 2.68 bits per heavy atom. The van der Waals surface area contributed by atoms with Gasteiger partial charge in [-0.2, -0.15) is 0 Å². The van der Waals surface area contributed by atoms with Crippen molar-refractivity contribution in [2.75, 3.05) is 20.8 Å². The maximum atomic E-state index is 9.73. The van der Waals surface area contributed by atoms with Crippen molar-refractivity contribution in [1.82, 2.24) is 5.32 Å². The highest BCUT2D eigenvalue weighted by Gasteiger charge is 2.43. The predicted molar refractivity (Wildman–Crippen MR) is 70.6 cm³/mol. The molecule has 0 unspecified atom stereocenters. The molecule has 0 aliphatic carbocycles. The highest BCUT2D eigenvalue weighted by atomic mass is 16.7. The van der Waals surface area contributed by atoms with Gasteiger partial charge in [-0.15, -0.1) is 0 Å². The predicted octanol–water partition coefficient (Wildman–Crippen LogP) is 0.523. The van der Waals surface area contributed by atoms with Crippen LogP contribution < -0.4 is 5.32 Å². The lowest BCUT2D eigenvalue weighted by Crippen LogP contribution is -2.45. The largest absolute Gasteiger partial charge is 0.374 e. The van der Waals surface area contributed by atoms with E-state index >= 15 is 0 Å². The Balaban J connectivity index is 1.82. The van der Waals surface area contributed by atoms with E-state index in [0.29, 0.717) is 13.2 Å². The first-order valence-electron chi connectivity index (χ1n) is 6.41. The summed E-state index contributed by atoms with van der Waals surface area (Å²) >= 11 is 0. The average molecular weight is 267 g/mol. The fraction of sp³-hybridized carbons (Fsp3) is 0.571. The quantitative estimate of drug-likeness (QED) is 0.787. The van der Waals surface area contributed by atoms with E-state index in [1.54, 1.807) is 7.11 Å². The van der Waals surface area contributed by atoms with Gasteiger partial charge in [0.1, 0.15) is 12.2 Å². The standard InChI is InChI=1S/C14H21NO4/c1-15-12-11(19-14(16)13(12)17-2)9-18-8-10-6-4-3-5-7-10/h3-7,11-16H,8-9H2,1-2H3/t11-,12+,13-,14+/m1/s1. The third kappa shape index (κ3) is 3.52.